The van der Waals surface area contributed by atoms with Crippen LogP contribution in [0.2, 0.25) is 0 Å². The summed E-state index contributed by atoms with van der Waals surface area (Å²) in [7, 11) is 1.56. The van der Waals surface area contributed by atoms with Crippen LogP contribution in [0.25, 0.3) is 0 Å². The average Bonchev–Trinajstić information content (AvgIpc) is 3.85. The molecule has 0 aromatic heterocycles. The Morgan fingerprint density at radius 1 is 0.704 bits per heavy atom. The lowest BCUT2D eigenvalue weighted by molar-refractivity contribution is -0.296. The van der Waals surface area contributed by atoms with Crippen LogP contribution in [0, 0.1) is 64.1 Å². The predicted octanol–water partition coefficient (Wildman–Crippen LogP) is 6.61. The van der Waals surface area contributed by atoms with Gasteiger partial charge in [-0.15, -0.1) is 0 Å². The molecule has 2 aliphatic heterocycles. The zero-order chi connectivity index (χ0) is 39.9. The second kappa shape index (κ2) is 14.1. The van der Waals surface area contributed by atoms with E-state index < -0.39 is 120 Å². The van der Waals surface area contributed by atoms with E-state index in [1.807, 2.05) is 0 Å². The Labute approximate surface area is 311 Å². The Hall–Kier alpha value is -2.62. The highest BCUT2D eigenvalue weighted by Gasteiger charge is 2.73. The molecule has 6 fully saturated rings. The fourth-order valence-electron chi connectivity index (χ4n) is 11.6. The number of carbonyl (C=O) groups is 4. The number of fused-ring (bicyclic) bond motifs is 10. The molecule has 2 heterocycles. The fourth-order valence-corrected chi connectivity index (χ4v) is 11.6. The highest BCUT2D eigenvalue weighted by Crippen LogP contribution is 2.65. The number of rotatable bonds is 10. The average molecular weight is 783 g/mol. The molecule has 306 valence electrons. The van der Waals surface area contributed by atoms with Crippen molar-refractivity contribution in [2.75, 3.05) is 14.2 Å². The SMILES string of the molecule is COC(=O)C(C)(CC1OC2C(CC1C(CC1OC3C(CC1C)C1CC(OC=O)C3C1)(C(=O)OC)C(F)(F)F)C1CC(C(=O)OC(C)(C)C)C2C1)C(F)(F)F. The fraction of sp³-hybridized carbons (Fsp3) is 0.895. The summed E-state index contributed by atoms with van der Waals surface area (Å²) >= 11 is 0. The first-order valence-electron chi connectivity index (χ1n) is 18.9. The van der Waals surface area contributed by atoms with Gasteiger partial charge in [0.15, 0.2) is 10.8 Å². The highest BCUT2D eigenvalue weighted by atomic mass is 19.4. The van der Waals surface area contributed by atoms with Crippen LogP contribution >= 0.6 is 0 Å². The minimum Gasteiger partial charge on any atom is -0.468 e. The van der Waals surface area contributed by atoms with Gasteiger partial charge in [0.05, 0.1) is 44.6 Å². The molecular weight excluding hydrogens is 730 g/mol. The van der Waals surface area contributed by atoms with Crippen LogP contribution in [0.4, 0.5) is 26.3 Å². The summed E-state index contributed by atoms with van der Waals surface area (Å²) in [5.74, 6) is -8.61. The van der Waals surface area contributed by atoms with Crippen molar-refractivity contribution in [1.82, 2.24) is 0 Å². The van der Waals surface area contributed by atoms with Gasteiger partial charge in [-0.25, -0.2) is 0 Å². The molecule has 6 rings (SSSR count). The van der Waals surface area contributed by atoms with E-state index in [1.165, 1.54) is 0 Å². The molecule has 16 unspecified atom stereocenters. The van der Waals surface area contributed by atoms with Crippen molar-refractivity contribution in [3.63, 3.8) is 0 Å². The maximum Gasteiger partial charge on any atom is 0.405 e. The minimum atomic E-state index is -5.37. The summed E-state index contributed by atoms with van der Waals surface area (Å²) in [6.07, 6.45) is -15.8. The first-order chi connectivity index (χ1) is 25.0. The van der Waals surface area contributed by atoms with Gasteiger partial charge in [-0.2, -0.15) is 26.3 Å². The van der Waals surface area contributed by atoms with E-state index in [2.05, 4.69) is 4.74 Å². The summed E-state index contributed by atoms with van der Waals surface area (Å²) in [6.45, 7) is 7.72. The first-order valence-corrected chi connectivity index (χ1v) is 18.9. The third-order valence-electron chi connectivity index (χ3n) is 14.1. The van der Waals surface area contributed by atoms with E-state index in [-0.39, 0.29) is 30.1 Å². The molecule has 10 nitrogen and oxygen atoms in total. The Kier molecular flexibility index (Phi) is 10.7. The van der Waals surface area contributed by atoms with Crippen LogP contribution in [0.15, 0.2) is 0 Å². The van der Waals surface area contributed by atoms with Crippen molar-refractivity contribution in [3.8, 4) is 0 Å². The van der Waals surface area contributed by atoms with Gasteiger partial charge in [-0.3, -0.25) is 19.2 Å². The summed E-state index contributed by atoms with van der Waals surface area (Å²) in [5, 5.41) is 0. The molecule has 0 N–H and O–H groups in total. The Morgan fingerprint density at radius 2 is 1.28 bits per heavy atom. The predicted molar refractivity (Wildman–Crippen MR) is 175 cm³/mol. The van der Waals surface area contributed by atoms with Crippen LogP contribution in [0.5, 0.6) is 0 Å². The highest BCUT2D eigenvalue weighted by molar-refractivity contribution is 5.79. The molecule has 0 radical (unpaired) electrons. The van der Waals surface area contributed by atoms with E-state index in [0.29, 0.717) is 45.5 Å². The second-order valence-electron chi connectivity index (χ2n) is 18.1. The number of hydrogen-bond acceptors (Lipinski definition) is 10. The van der Waals surface area contributed by atoms with Crippen LogP contribution in [0.1, 0.15) is 86.0 Å². The molecule has 54 heavy (non-hydrogen) atoms. The number of hydrogen-bond donors (Lipinski definition) is 0. The van der Waals surface area contributed by atoms with Crippen LogP contribution in [-0.4, -0.2) is 87.1 Å². The van der Waals surface area contributed by atoms with Crippen LogP contribution in [-0.2, 0) is 47.6 Å². The topological polar surface area (TPSA) is 124 Å². The number of carbonyl (C=O) groups excluding carboxylic acids is 4. The lowest BCUT2D eigenvalue weighted by Crippen LogP contribution is -2.62. The second-order valence-corrected chi connectivity index (χ2v) is 18.1. The minimum absolute atomic E-state index is 0.0113. The van der Waals surface area contributed by atoms with Crippen molar-refractivity contribution < 1.29 is 73.9 Å². The standard InChI is InChI=1S/C38H52F6O10/c1-17-8-20-19-11-24(26(12-19)51-16-45)30(20)52-27(17)15-36(33(48)50-7,38(42,43)44)25-13-21-18-9-22(23(10-18)31(46)54-34(2,3)4)29(21)53-28(25)14-35(5,32(47)49-6)37(39,40)41/h16-30H,8-15H2,1-7H3. The Balaban J connectivity index is 1.40. The summed E-state index contributed by atoms with van der Waals surface area (Å²) in [5.41, 5.74) is -7.56. The normalized spacial score (nSPS) is 40.8. The van der Waals surface area contributed by atoms with Crippen molar-refractivity contribution in [1.29, 1.82) is 0 Å². The van der Waals surface area contributed by atoms with E-state index in [1.54, 1.807) is 27.7 Å². The number of alkyl halides is 6. The zero-order valence-corrected chi connectivity index (χ0v) is 31.7. The Bertz CT molecular complexity index is 1460. The summed E-state index contributed by atoms with van der Waals surface area (Å²) < 4.78 is 126. The van der Waals surface area contributed by atoms with Crippen molar-refractivity contribution >= 4 is 24.4 Å². The number of methoxy groups -OCH3 is 2. The van der Waals surface area contributed by atoms with Gasteiger partial charge in [0, 0.05) is 11.8 Å². The maximum atomic E-state index is 16.1. The van der Waals surface area contributed by atoms with Crippen molar-refractivity contribution in [2.24, 2.45) is 64.1 Å². The number of ether oxygens (including phenoxy) is 6. The summed E-state index contributed by atoms with van der Waals surface area (Å²) in [6, 6.07) is 0. The van der Waals surface area contributed by atoms with Gasteiger partial charge < -0.3 is 28.4 Å². The molecule has 2 saturated heterocycles. The van der Waals surface area contributed by atoms with Crippen LogP contribution < -0.4 is 0 Å². The molecule has 0 amide bonds. The third-order valence-corrected chi connectivity index (χ3v) is 14.1. The van der Waals surface area contributed by atoms with E-state index >= 15 is 13.2 Å². The first kappa shape index (κ1) is 41.0. The molecule has 4 aliphatic carbocycles. The molecule has 16 atom stereocenters. The maximum absolute atomic E-state index is 16.1. The molecular formula is C38H52F6O10. The van der Waals surface area contributed by atoms with E-state index in [4.69, 9.17) is 23.7 Å². The third kappa shape index (κ3) is 6.70. The summed E-state index contributed by atoms with van der Waals surface area (Å²) in [4.78, 5) is 51.4. The lowest BCUT2D eigenvalue weighted by Gasteiger charge is -2.54. The quantitative estimate of drug-likeness (QED) is 0.104. The van der Waals surface area contributed by atoms with Gasteiger partial charge in [-0.05, 0) is 115 Å². The number of esters is 3. The molecule has 0 spiro atoms. The van der Waals surface area contributed by atoms with Gasteiger partial charge in [0.1, 0.15) is 11.7 Å². The van der Waals surface area contributed by atoms with Gasteiger partial charge in [0.25, 0.3) is 6.47 Å². The molecule has 0 aromatic carbocycles. The molecule has 4 saturated carbocycles. The lowest BCUT2D eigenvalue weighted by atomic mass is 9.59. The van der Waals surface area contributed by atoms with Gasteiger partial charge in [-0.1, -0.05) is 6.92 Å². The molecule has 16 heteroatoms. The van der Waals surface area contributed by atoms with E-state index in [0.717, 1.165) is 14.2 Å². The number of halogens is 6. The Morgan fingerprint density at radius 3 is 1.85 bits per heavy atom. The molecule has 4 bridgehead atoms. The largest absolute Gasteiger partial charge is 0.468 e. The molecule has 6 aliphatic rings. The monoisotopic (exact) mass is 782 g/mol. The van der Waals surface area contributed by atoms with Crippen LogP contribution in [0.3, 0.4) is 0 Å². The van der Waals surface area contributed by atoms with Gasteiger partial charge >= 0.3 is 30.3 Å². The van der Waals surface area contributed by atoms with E-state index in [9.17, 15) is 32.3 Å². The zero-order valence-electron chi connectivity index (χ0n) is 31.7. The smallest absolute Gasteiger partial charge is 0.405 e. The van der Waals surface area contributed by atoms with Crippen molar-refractivity contribution in [3.05, 3.63) is 0 Å². The van der Waals surface area contributed by atoms with Gasteiger partial charge in [0.2, 0.25) is 0 Å². The van der Waals surface area contributed by atoms with Crippen molar-refractivity contribution in [2.45, 2.75) is 134 Å². The molecule has 0 aromatic rings.